The maximum Gasteiger partial charge on any atom is 0.221 e. The molecule has 21 heavy (non-hydrogen) atoms. The SMILES string of the molecule is CCCCCCCCN(C)CC(CCCCCC)C(N)=O. The Balaban J connectivity index is 3.74. The maximum absolute atomic E-state index is 11.5. The number of hydrogen-bond acceptors (Lipinski definition) is 2. The summed E-state index contributed by atoms with van der Waals surface area (Å²) in [5.74, 6) is -0.0896. The zero-order valence-corrected chi connectivity index (χ0v) is 14.7. The minimum absolute atomic E-state index is 0.0342. The molecule has 3 nitrogen and oxygen atoms in total. The van der Waals surface area contributed by atoms with Gasteiger partial charge in [0.15, 0.2) is 0 Å². The summed E-state index contributed by atoms with van der Waals surface area (Å²) in [4.78, 5) is 13.8. The van der Waals surface area contributed by atoms with Gasteiger partial charge in [0.05, 0.1) is 5.92 Å². The molecule has 3 heteroatoms. The van der Waals surface area contributed by atoms with Gasteiger partial charge >= 0.3 is 0 Å². The first-order chi connectivity index (χ1) is 10.1. The predicted octanol–water partition coefficient (Wildman–Crippen LogP) is 4.35. The molecule has 1 unspecified atom stereocenters. The number of carbonyl (C=O) groups excluding carboxylic acids is 1. The second kappa shape index (κ2) is 14.4. The number of hydrogen-bond donors (Lipinski definition) is 1. The molecule has 1 amide bonds. The molecule has 0 bridgehead atoms. The molecular weight excluding hydrogens is 260 g/mol. The summed E-state index contributed by atoms with van der Waals surface area (Å²) in [7, 11) is 2.12. The normalized spacial score (nSPS) is 12.8. The van der Waals surface area contributed by atoms with Crippen molar-refractivity contribution in [1.82, 2.24) is 4.90 Å². The molecule has 0 saturated carbocycles. The maximum atomic E-state index is 11.5. The number of nitrogens with two attached hydrogens (primary N) is 1. The van der Waals surface area contributed by atoms with E-state index in [1.54, 1.807) is 0 Å². The minimum atomic E-state index is -0.124. The Kier molecular flexibility index (Phi) is 14.0. The fraction of sp³-hybridized carbons (Fsp3) is 0.944. The van der Waals surface area contributed by atoms with Crippen LogP contribution in [0, 0.1) is 5.92 Å². The standard InChI is InChI=1S/C18H38N2O/c1-4-6-8-10-11-13-15-20(3)16-17(18(19)21)14-12-9-7-5-2/h17H,4-16H2,1-3H3,(H2,19,21). The molecule has 0 heterocycles. The molecule has 0 aliphatic carbocycles. The van der Waals surface area contributed by atoms with Crippen LogP contribution in [0.25, 0.3) is 0 Å². The molecule has 0 fully saturated rings. The van der Waals surface area contributed by atoms with E-state index in [1.165, 1.54) is 57.8 Å². The number of amides is 1. The van der Waals surface area contributed by atoms with E-state index in [2.05, 4.69) is 25.8 Å². The van der Waals surface area contributed by atoms with Crippen LogP contribution >= 0.6 is 0 Å². The van der Waals surface area contributed by atoms with Crippen LogP contribution in [0.4, 0.5) is 0 Å². The Bertz CT molecular complexity index is 243. The molecule has 0 aromatic carbocycles. The van der Waals surface area contributed by atoms with E-state index in [1.807, 2.05) is 0 Å². The molecule has 126 valence electrons. The summed E-state index contributed by atoms with van der Waals surface area (Å²) in [6.45, 7) is 6.37. The van der Waals surface area contributed by atoms with Crippen LogP contribution in [0.5, 0.6) is 0 Å². The van der Waals surface area contributed by atoms with Crippen molar-refractivity contribution < 1.29 is 4.79 Å². The average Bonchev–Trinajstić information content (AvgIpc) is 2.45. The lowest BCUT2D eigenvalue weighted by molar-refractivity contribution is -0.122. The first kappa shape index (κ1) is 20.4. The lowest BCUT2D eigenvalue weighted by Gasteiger charge is -2.22. The quantitative estimate of drug-likeness (QED) is 0.457. The fourth-order valence-electron chi connectivity index (χ4n) is 2.77. The highest BCUT2D eigenvalue weighted by Crippen LogP contribution is 2.13. The van der Waals surface area contributed by atoms with Gasteiger partial charge in [-0.1, -0.05) is 71.6 Å². The van der Waals surface area contributed by atoms with Crippen molar-refractivity contribution in [3.63, 3.8) is 0 Å². The van der Waals surface area contributed by atoms with Crippen LogP contribution in [0.2, 0.25) is 0 Å². The van der Waals surface area contributed by atoms with Crippen molar-refractivity contribution in [3.05, 3.63) is 0 Å². The van der Waals surface area contributed by atoms with E-state index in [-0.39, 0.29) is 11.8 Å². The Morgan fingerprint density at radius 3 is 2.00 bits per heavy atom. The van der Waals surface area contributed by atoms with Gasteiger partial charge in [-0.15, -0.1) is 0 Å². The highest BCUT2D eigenvalue weighted by Gasteiger charge is 2.16. The molecule has 0 spiro atoms. The van der Waals surface area contributed by atoms with Gasteiger partial charge in [-0.3, -0.25) is 4.79 Å². The number of nitrogens with zero attached hydrogens (tertiary/aromatic N) is 1. The Labute approximate surface area is 132 Å². The molecule has 0 aromatic heterocycles. The van der Waals surface area contributed by atoms with Crippen molar-refractivity contribution in [2.24, 2.45) is 11.7 Å². The predicted molar refractivity (Wildman–Crippen MR) is 92.3 cm³/mol. The molecule has 0 rings (SSSR count). The van der Waals surface area contributed by atoms with Crippen molar-refractivity contribution in [2.45, 2.75) is 84.5 Å². The summed E-state index contributed by atoms with van der Waals surface area (Å²) in [5, 5.41) is 0. The monoisotopic (exact) mass is 298 g/mol. The van der Waals surface area contributed by atoms with E-state index >= 15 is 0 Å². The number of primary amides is 1. The molecule has 1 atom stereocenters. The van der Waals surface area contributed by atoms with Crippen molar-refractivity contribution in [2.75, 3.05) is 20.1 Å². The van der Waals surface area contributed by atoms with Gasteiger partial charge in [-0.25, -0.2) is 0 Å². The van der Waals surface area contributed by atoms with Gasteiger partial charge < -0.3 is 10.6 Å². The smallest absolute Gasteiger partial charge is 0.221 e. The third-order valence-electron chi connectivity index (χ3n) is 4.23. The minimum Gasteiger partial charge on any atom is -0.369 e. The van der Waals surface area contributed by atoms with E-state index in [9.17, 15) is 4.79 Å². The largest absolute Gasteiger partial charge is 0.369 e. The molecule has 0 radical (unpaired) electrons. The fourth-order valence-corrected chi connectivity index (χ4v) is 2.77. The van der Waals surface area contributed by atoms with Gasteiger partial charge in [0.25, 0.3) is 0 Å². The molecule has 0 saturated heterocycles. The van der Waals surface area contributed by atoms with Crippen molar-refractivity contribution in [1.29, 1.82) is 0 Å². The van der Waals surface area contributed by atoms with Crippen LogP contribution in [0.1, 0.15) is 84.5 Å². The van der Waals surface area contributed by atoms with Crippen molar-refractivity contribution >= 4 is 5.91 Å². The number of rotatable bonds is 15. The molecule has 0 aromatic rings. The Morgan fingerprint density at radius 1 is 0.905 bits per heavy atom. The van der Waals surface area contributed by atoms with Gasteiger partial charge in [0.2, 0.25) is 5.91 Å². The first-order valence-electron chi connectivity index (χ1n) is 9.09. The summed E-state index contributed by atoms with van der Waals surface area (Å²) >= 11 is 0. The van der Waals surface area contributed by atoms with Gasteiger partial charge in [-0.05, 0) is 26.4 Å². The zero-order chi connectivity index (χ0) is 15.9. The van der Waals surface area contributed by atoms with Crippen LogP contribution in [-0.2, 0) is 4.79 Å². The third-order valence-corrected chi connectivity index (χ3v) is 4.23. The second-order valence-electron chi connectivity index (χ2n) is 6.48. The lowest BCUT2D eigenvalue weighted by Crippen LogP contribution is -2.34. The molecule has 0 aliphatic heterocycles. The summed E-state index contributed by atoms with van der Waals surface area (Å²) in [6, 6.07) is 0. The van der Waals surface area contributed by atoms with E-state index < -0.39 is 0 Å². The number of carbonyl (C=O) groups is 1. The van der Waals surface area contributed by atoms with Crippen LogP contribution in [0.15, 0.2) is 0 Å². The van der Waals surface area contributed by atoms with Gasteiger partial charge in [-0.2, -0.15) is 0 Å². The molecular formula is C18H38N2O. The molecule has 2 N–H and O–H groups in total. The average molecular weight is 299 g/mol. The van der Waals surface area contributed by atoms with Crippen LogP contribution in [-0.4, -0.2) is 30.9 Å². The van der Waals surface area contributed by atoms with Crippen LogP contribution in [0.3, 0.4) is 0 Å². The van der Waals surface area contributed by atoms with E-state index in [4.69, 9.17) is 5.73 Å². The Morgan fingerprint density at radius 2 is 1.43 bits per heavy atom. The van der Waals surface area contributed by atoms with Gasteiger partial charge in [0, 0.05) is 6.54 Å². The Hall–Kier alpha value is -0.570. The lowest BCUT2D eigenvalue weighted by atomic mass is 9.99. The summed E-state index contributed by atoms with van der Waals surface area (Å²) in [5.41, 5.74) is 5.54. The summed E-state index contributed by atoms with van der Waals surface area (Å²) < 4.78 is 0. The van der Waals surface area contributed by atoms with Gasteiger partial charge in [0.1, 0.15) is 0 Å². The molecule has 0 aliphatic rings. The third kappa shape index (κ3) is 12.9. The second-order valence-corrected chi connectivity index (χ2v) is 6.48. The van der Waals surface area contributed by atoms with Crippen molar-refractivity contribution in [3.8, 4) is 0 Å². The van der Waals surface area contributed by atoms with E-state index in [0.29, 0.717) is 0 Å². The highest BCUT2D eigenvalue weighted by molar-refractivity contribution is 5.76. The topological polar surface area (TPSA) is 46.3 Å². The zero-order valence-electron chi connectivity index (χ0n) is 14.7. The summed E-state index contributed by atoms with van der Waals surface area (Å²) in [6.07, 6.45) is 13.7. The highest BCUT2D eigenvalue weighted by atomic mass is 16.1. The van der Waals surface area contributed by atoms with Crippen LogP contribution < -0.4 is 5.73 Å². The first-order valence-corrected chi connectivity index (χ1v) is 9.09. The van der Waals surface area contributed by atoms with E-state index in [0.717, 1.165) is 25.9 Å². The number of unbranched alkanes of at least 4 members (excludes halogenated alkanes) is 8.